The molecule has 2 N–H and O–H groups in total. The average Bonchev–Trinajstić information content (AvgIpc) is 3.47. The van der Waals surface area contributed by atoms with Gasteiger partial charge >= 0.3 is 6.61 Å². The minimum atomic E-state index is -2.95. The van der Waals surface area contributed by atoms with Crippen LogP contribution in [0.5, 0.6) is 17.2 Å². The Labute approximate surface area is 183 Å². The molecule has 0 aliphatic carbocycles. The Hall–Kier alpha value is -3.89. The molecule has 0 atom stereocenters. The van der Waals surface area contributed by atoms with Crippen molar-refractivity contribution in [1.82, 2.24) is 25.4 Å². The fourth-order valence-electron chi connectivity index (χ4n) is 3.09. The van der Waals surface area contributed by atoms with Crippen LogP contribution in [0.25, 0.3) is 5.82 Å². The molecule has 9 nitrogen and oxygen atoms in total. The van der Waals surface area contributed by atoms with Crippen molar-refractivity contribution in [3.8, 4) is 23.1 Å². The van der Waals surface area contributed by atoms with Gasteiger partial charge in [0, 0.05) is 43.3 Å². The van der Waals surface area contributed by atoms with Crippen molar-refractivity contribution in [2.45, 2.75) is 26.6 Å². The maximum Gasteiger partial charge on any atom is 0.387 e. The van der Waals surface area contributed by atoms with Crippen LogP contribution in [0.15, 0.2) is 53.9 Å². The van der Waals surface area contributed by atoms with Gasteiger partial charge in [0.15, 0.2) is 23.3 Å². The molecular formula is C21H22F2N6O3. The number of ether oxygens (including phenoxy) is 3. The third-order valence-electron chi connectivity index (χ3n) is 4.53. The highest BCUT2D eigenvalue weighted by molar-refractivity contribution is 5.79. The second-order valence-corrected chi connectivity index (χ2v) is 6.71. The lowest BCUT2D eigenvalue weighted by Crippen LogP contribution is -2.36. The van der Waals surface area contributed by atoms with Crippen LogP contribution in [0.2, 0.25) is 0 Å². The number of hydrogen-bond acceptors (Lipinski definition) is 6. The number of hydrogen-bond donors (Lipinski definition) is 2. The molecular weight excluding hydrogens is 422 g/mol. The van der Waals surface area contributed by atoms with Crippen LogP contribution in [0.4, 0.5) is 8.78 Å². The molecule has 3 heterocycles. The summed E-state index contributed by atoms with van der Waals surface area (Å²) in [5.41, 5.74) is 1.43. The Morgan fingerprint density at radius 2 is 2.06 bits per heavy atom. The second-order valence-electron chi connectivity index (χ2n) is 6.71. The molecule has 0 bridgehead atoms. The lowest BCUT2D eigenvalue weighted by atomic mass is 10.1. The quantitative estimate of drug-likeness (QED) is 0.408. The van der Waals surface area contributed by atoms with Crippen LogP contribution in [0.3, 0.4) is 0 Å². The van der Waals surface area contributed by atoms with E-state index in [0.29, 0.717) is 41.9 Å². The van der Waals surface area contributed by atoms with Crippen LogP contribution in [0, 0.1) is 0 Å². The monoisotopic (exact) mass is 444 g/mol. The third-order valence-corrected chi connectivity index (χ3v) is 4.53. The molecule has 32 heavy (non-hydrogen) atoms. The molecule has 2 aromatic heterocycles. The highest BCUT2D eigenvalue weighted by Crippen LogP contribution is 2.38. The van der Waals surface area contributed by atoms with Crippen LogP contribution >= 0.6 is 0 Å². The molecule has 0 saturated carbocycles. The number of rotatable bonds is 8. The molecule has 3 aromatic rings. The van der Waals surface area contributed by atoms with E-state index < -0.39 is 6.61 Å². The lowest BCUT2D eigenvalue weighted by molar-refractivity contribution is -0.0505. The zero-order valence-corrected chi connectivity index (χ0v) is 17.3. The van der Waals surface area contributed by atoms with E-state index >= 15 is 0 Å². The number of guanidine groups is 1. The summed E-state index contributed by atoms with van der Waals surface area (Å²) in [4.78, 5) is 8.88. The summed E-state index contributed by atoms with van der Waals surface area (Å²) in [6, 6.07) is 8.61. The molecule has 0 saturated heterocycles. The number of halogens is 2. The van der Waals surface area contributed by atoms with E-state index in [1.165, 1.54) is 6.07 Å². The van der Waals surface area contributed by atoms with E-state index in [-0.39, 0.29) is 19.1 Å². The fraction of sp³-hybridized carbons (Fsp3) is 0.286. The maximum atomic E-state index is 12.9. The normalized spacial score (nSPS) is 12.8. The largest absolute Gasteiger partial charge is 0.454 e. The molecule has 11 heteroatoms. The van der Waals surface area contributed by atoms with Gasteiger partial charge in [-0.3, -0.25) is 0 Å². The minimum Gasteiger partial charge on any atom is -0.454 e. The number of nitrogens with zero attached hydrogens (tertiary/aromatic N) is 4. The van der Waals surface area contributed by atoms with Gasteiger partial charge in [0.2, 0.25) is 6.79 Å². The highest BCUT2D eigenvalue weighted by Gasteiger charge is 2.20. The molecule has 0 spiro atoms. The molecule has 4 rings (SSSR count). The maximum absolute atomic E-state index is 12.9. The number of alkyl halides is 2. The standard InChI is InChI=1S/C21H22F2N6O3/c1-2-24-21(26-11-14-4-6-25-19(8-14)29-7-3-5-28-29)27-12-15-9-17-18(31-13-30-17)10-16(15)32-20(22)23/h3-10,20H,2,11-13H2,1H3,(H2,24,26,27). The van der Waals surface area contributed by atoms with Crippen molar-refractivity contribution in [1.29, 1.82) is 0 Å². The van der Waals surface area contributed by atoms with Crippen molar-refractivity contribution in [2.75, 3.05) is 13.3 Å². The molecule has 0 radical (unpaired) electrons. The Balaban J connectivity index is 1.47. The predicted molar refractivity (Wildman–Crippen MR) is 112 cm³/mol. The van der Waals surface area contributed by atoms with E-state index in [1.54, 1.807) is 23.1 Å². The van der Waals surface area contributed by atoms with E-state index in [4.69, 9.17) is 9.47 Å². The first-order valence-corrected chi connectivity index (χ1v) is 9.97. The molecule has 0 fully saturated rings. The number of aromatic nitrogens is 3. The molecule has 1 aliphatic rings. The summed E-state index contributed by atoms with van der Waals surface area (Å²) in [5.74, 6) is 2.08. The van der Waals surface area contributed by atoms with Gasteiger partial charge < -0.3 is 24.8 Å². The van der Waals surface area contributed by atoms with Gasteiger partial charge in [0.1, 0.15) is 5.75 Å². The van der Waals surface area contributed by atoms with Crippen molar-refractivity contribution < 1.29 is 23.0 Å². The van der Waals surface area contributed by atoms with E-state index in [0.717, 1.165) is 5.56 Å². The van der Waals surface area contributed by atoms with E-state index in [2.05, 4.69) is 30.4 Å². The number of nitrogens with one attached hydrogen (secondary N) is 2. The Bertz CT molecular complexity index is 1080. The van der Waals surface area contributed by atoms with E-state index in [1.807, 2.05) is 31.3 Å². The SMILES string of the molecule is CCNC(=NCc1ccnc(-n2cccn2)c1)NCc1cc2c(cc1OC(F)F)OCO2. The predicted octanol–water partition coefficient (Wildman–Crippen LogP) is 2.85. The summed E-state index contributed by atoms with van der Waals surface area (Å²) in [6.45, 7) is 0.226. The lowest BCUT2D eigenvalue weighted by Gasteiger charge is -2.15. The Morgan fingerprint density at radius 3 is 2.81 bits per heavy atom. The highest BCUT2D eigenvalue weighted by atomic mass is 19.3. The zero-order valence-electron chi connectivity index (χ0n) is 17.3. The molecule has 168 valence electrons. The van der Waals surface area contributed by atoms with Gasteiger partial charge in [0.25, 0.3) is 0 Å². The van der Waals surface area contributed by atoms with Gasteiger partial charge in [-0.05, 0) is 36.8 Å². The Morgan fingerprint density at radius 1 is 1.22 bits per heavy atom. The van der Waals surface area contributed by atoms with Crippen molar-refractivity contribution in [3.05, 3.63) is 60.0 Å². The van der Waals surface area contributed by atoms with Crippen molar-refractivity contribution in [3.63, 3.8) is 0 Å². The van der Waals surface area contributed by atoms with Crippen LogP contribution in [-0.4, -0.2) is 40.7 Å². The first kappa shape index (κ1) is 21.3. The zero-order chi connectivity index (χ0) is 22.3. The fourth-order valence-corrected chi connectivity index (χ4v) is 3.09. The van der Waals surface area contributed by atoms with Gasteiger partial charge in [-0.2, -0.15) is 13.9 Å². The smallest absolute Gasteiger partial charge is 0.387 e. The van der Waals surface area contributed by atoms with E-state index in [9.17, 15) is 8.78 Å². The Kier molecular flexibility index (Phi) is 6.63. The van der Waals surface area contributed by atoms with Crippen LogP contribution < -0.4 is 24.8 Å². The van der Waals surface area contributed by atoms with Gasteiger partial charge in [-0.1, -0.05) is 0 Å². The number of benzene rings is 1. The molecule has 0 unspecified atom stereocenters. The molecule has 1 aliphatic heterocycles. The topological polar surface area (TPSA) is 94.8 Å². The first-order valence-electron chi connectivity index (χ1n) is 9.97. The summed E-state index contributed by atoms with van der Waals surface area (Å²) in [5, 5.41) is 10.5. The van der Waals surface area contributed by atoms with Crippen molar-refractivity contribution >= 4 is 5.96 Å². The summed E-state index contributed by atoms with van der Waals surface area (Å²) >= 11 is 0. The van der Waals surface area contributed by atoms with Gasteiger partial charge in [-0.15, -0.1) is 0 Å². The van der Waals surface area contributed by atoms with Crippen molar-refractivity contribution in [2.24, 2.45) is 4.99 Å². The first-order chi connectivity index (χ1) is 15.6. The average molecular weight is 444 g/mol. The number of fused-ring (bicyclic) bond motifs is 1. The van der Waals surface area contributed by atoms with Gasteiger partial charge in [0.05, 0.1) is 6.54 Å². The molecule has 0 amide bonds. The summed E-state index contributed by atoms with van der Waals surface area (Å²) in [7, 11) is 0. The van der Waals surface area contributed by atoms with Crippen LogP contribution in [0.1, 0.15) is 18.1 Å². The summed E-state index contributed by atoms with van der Waals surface area (Å²) in [6.07, 6.45) is 5.19. The second kappa shape index (κ2) is 9.94. The summed E-state index contributed by atoms with van der Waals surface area (Å²) < 4.78 is 42.6. The number of pyridine rings is 1. The van der Waals surface area contributed by atoms with Crippen LogP contribution in [-0.2, 0) is 13.1 Å². The van der Waals surface area contributed by atoms with Gasteiger partial charge in [-0.25, -0.2) is 14.7 Å². The molecule has 1 aromatic carbocycles. The minimum absolute atomic E-state index is 0.0191. The number of aliphatic imine (C=N–C) groups is 1. The third kappa shape index (κ3) is 5.23.